The number of unbranched alkanes of at least 4 members (excludes halogenated alkanes) is 1. The lowest BCUT2D eigenvalue weighted by Crippen LogP contribution is -2.44. The second-order valence-corrected chi connectivity index (χ2v) is 7.25. The molecule has 0 bridgehead atoms. The number of rotatable bonds is 7. The van der Waals surface area contributed by atoms with Gasteiger partial charge in [-0.2, -0.15) is 0 Å². The van der Waals surface area contributed by atoms with Crippen LogP contribution in [0.15, 0.2) is 42.5 Å². The molecule has 1 saturated heterocycles. The van der Waals surface area contributed by atoms with Crippen molar-refractivity contribution >= 4 is 23.0 Å². The molecule has 1 heterocycles. The van der Waals surface area contributed by atoms with E-state index in [1.807, 2.05) is 30.3 Å². The predicted molar refractivity (Wildman–Crippen MR) is 115 cm³/mol. The Morgan fingerprint density at radius 2 is 1.93 bits per heavy atom. The third kappa shape index (κ3) is 5.16. The minimum atomic E-state index is -0.165. The molecule has 0 atom stereocenters. The molecule has 150 valence electrons. The van der Waals surface area contributed by atoms with Crippen molar-refractivity contribution in [2.75, 3.05) is 55.8 Å². The van der Waals surface area contributed by atoms with Crippen molar-refractivity contribution < 1.29 is 9.53 Å². The number of nitrogens with two attached hydrogens (primary N) is 1. The first kappa shape index (κ1) is 20.0. The highest BCUT2D eigenvalue weighted by atomic mass is 16.5. The van der Waals surface area contributed by atoms with E-state index in [4.69, 9.17) is 10.5 Å². The number of benzene rings is 2. The van der Waals surface area contributed by atoms with Crippen LogP contribution in [0.3, 0.4) is 0 Å². The van der Waals surface area contributed by atoms with Crippen molar-refractivity contribution in [2.24, 2.45) is 0 Å². The van der Waals surface area contributed by atoms with Gasteiger partial charge in [-0.25, -0.2) is 0 Å². The third-order valence-corrected chi connectivity index (χ3v) is 4.98. The van der Waals surface area contributed by atoms with Crippen LogP contribution >= 0.6 is 0 Å². The zero-order valence-corrected chi connectivity index (χ0v) is 16.8. The summed E-state index contributed by atoms with van der Waals surface area (Å²) in [5.41, 5.74) is 8.94. The van der Waals surface area contributed by atoms with E-state index in [1.54, 1.807) is 12.1 Å². The predicted octanol–water partition coefficient (Wildman–Crippen LogP) is 3.45. The van der Waals surface area contributed by atoms with Gasteiger partial charge in [0.05, 0.1) is 18.0 Å². The molecule has 6 heteroatoms. The van der Waals surface area contributed by atoms with Crippen LogP contribution in [0, 0.1) is 0 Å². The summed E-state index contributed by atoms with van der Waals surface area (Å²) in [5, 5.41) is 3.04. The molecular formula is C22H30N4O2. The number of anilines is 3. The van der Waals surface area contributed by atoms with Crippen molar-refractivity contribution in [1.29, 1.82) is 0 Å². The Kier molecular flexibility index (Phi) is 6.76. The summed E-state index contributed by atoms with van der Waals surface area (Å²) in [5.74, 6) is 0.551. The van der Waals surface area contributed by atoms with E-state index in [9.17, 15) is 4.79 Å². The maximum absolute atomic E-state index is 12.9. The summed E-state index contributed by atoms with van der Waals surface area (Å²) in [6.07, 6.45) is 2.07. The topological polar surface area (TPSA) is 70.8 Å². The number of carbonyl (C=O) groups excluding carboxylic acids is 1. The maximum Gasteiger partial charge on any atom is 0.255 e. The van der Waals surface area contributed by atoms with Crippen molar-refractivity contribution in [1.82, 2.24) is 4.90 Å². The van der Waals surface area contributed by atoms with E-state index in [-0.39, 0.29) is 5.91 Å². The first-order valence-electron chi connectivity index (χ1n) is 9.94. The standard InChI is InChI=1S/C22H30N4O2/c1-3-4-14-28-19-7-5-6-17(15-19)22(27)24-20-16-18(23)8-9-21(20)26-12-10-25(2)11-13-26/h5-9,15-16H,3-4,10-14,23H2,1-2H3,(H,24,27). The number of ether oxygens (including phenoxy) is 1. The monoisotopic (exact) mass is 382 g/mol. The van der Waals surface area contributed by atoms with Gasteiger partial charge in [0.25, 0.3) is 5.91 Å². The second kappa shape index (κ2) is 9.46. The highest BCUT2D eigenvalue weighted by Gasteiger charge is 2.19. The highest BCUT2D eigenvalue weighted by molar-refractivity contribution is 6.06. The molecule has 3 N–H and O–H groups in total. The molecule has 6 nitrogen and oxygen atoms in total. The van der Waals surface area contributed by atoms with E-state index in [0.29, 0.717) is 23.6 Å². The molecule has 0 spiro atoms. The zero-order valence-electron chi connectivity index (χ0n) is 16.8. The number of carbonyl (C=O) groups is 1. The molecule has 1 fully saturated rings. The molecule has 0 saturated carbocycles. The first-order valence-corrected chi connectivity index (χ1v) is 9.94. The minimum Gasteiger partial charge on any atom is -0.494 e. The number of piperazine rings is 1. The van der Waals surface area contributed by atoms with Crippen LogP contribution in [0.25, 0.3) is 0 Å². The number of nitrogens with zero attached hydrogens (tertiary/aromatic N) is 2. The summed E-state index contributed by atoms with van der Waals surface area (Å²) < 4.78 is 5.72. The summed E-state index contributed by atoms with van der Waals surface area (Å²) in [4.78, 5) is 17.5. The van der Waals surface area contributed by atoms with Crippen molar-refractivity contribution in [3.63, 3.8) is 0 Å². The number of likely N-dealkylation sites (N-methyl/N-ethyl adjacent to an activating group) is 1. The molecule has 1 aliphatic heterocycles. The SMILES string of the molecule is CCCCOc1cccc(C(=O)Nc2cc(N)ccc2N2CCN(C)CC2)c1. The molecular weight excluding hydrogens is 352 g/mol. The van der Waals surface area contributed by atoms with Crippen LogP contribution in [-0.4, -0.2) is 50.6 Å². The molecule has 0 aromatic heterocycles. The second-order valence-electron chi connectivity index (χ2n) is 7.25. The Bertz CT molecular complexity index is 801. The van der Waals surface area contributed by atoms with Crippen molar-refractivity contribution in [3.8, 4) is 5.75 Å². The first-order chi connectivity index (χ1) is 13.6. The Morgan fingerprint density at radius 1 is 1.14 bits per heavy atom. The number of hydrogen-bond acceptors (Lipinski definition) is 5. The van der Waals surface area contributed by atoms with Crippen LogP contribution in [0.4, 0.5) is 17.1 Å². The molecule has 2 aromatic rings. The molecule has 1 amide bonds. The maximum atomic E-state index is 12.9. The number of nitrogens with one attached hydrogen (secondary N) is 1. The number of hydrogen-bond donors (Lipinski definition) is 2. The molecule has 0 unspecified atom stereocenters. The van der Waals surface area contributed by atoms with E-state index in [0.717, 1.165) is 50.4 Å². The van der Waals surface area contributed by atoms with Gasteiger partial charge in [0, 0.05) is 37.4 Å². The van der Waals surface area contributed by atoms with Crippen LogP contribution < -0.4 is 20.7 Å². The number of amides is 1. The van der Waals surface area contributed by atoms with Gasteiger partial charge < -0.3 is 25.6 Å². The molecule has 2 aromatic carbocycles. The zero-order chi connectivity index (χ0) is 19.9. The van der Waals surface area contributed by atoms with Gasteiger partial charge in [0.2, 0.25) is 0 Å². The molecule has 0 radical (unpaired) electrons. The van der Waals surface area contributed by atoms with Gasteiger partial charge in [0.15, 0.2) is 0 Å². The average Bonchev–Trinajstić information content (AvgIpc) is 2.69. The summed E-state index contributed by atoms with van der Waals surface area (Å²) in [6.45, 7) is 6.61. The highest BCUT2D eigenvalue weighted by Crippen LogP contribution is 2.29. The van der Waals surface area contributed by atoms with E-state index in [1.165, 1.54) is 0 Å². The Labute approximate surface area is 167 Å². The van der Waals surface area contributed by atoms with Crippen molar-refractivity contribution in [2.45, 2.75) is 19.8 Å². The lowest BCUT2D eigenvalue weighted by Gasteiger charge is -2.35. The lowest BCUT2D eigenvalue weighted by atomic mass is 10.1. The van der Waals surface area contributed by atoms with Crippen LogP contribution in [0.1, 0.15) is 30.1 Å². The van der Waals surface area contributed by atoms with Crippen LogP contribution in [0.5, 0.6) is 5.75 Å². The van der Waals surface area contributed by atoms with Gasteiger partial charge in [-0.05, 0) is 49.9 Å². The van der Waals surface area contributed by atoms with Gasteiger partial charge in [-0.3, -0.25) is 4.79 Å². The fraction of sp³-hybridized carbons (Fsp3) is 0.409. The molecule has 28 heavy (non-hydrogen) atoms. The number of nitrogen functional groups attached to an aromatic ring is 1. The van der Waals surface area contributed by atoms with E-state index >= 15 is 0 Å². The van der Waals surface area contributed by atoms with E-state index in [2.05, 4.69) is 29.1 Å². The molecule has 1 aliphatic rings. The van der Waals surface area contributed by atoms with Gasteiger partial charge >= 0.3 is 0 Å². The lowest BCUT2D eigenvalue weighted by molar-refractivity contribution is 0.102. The van der Waals surface area contributed by atoms with E-state index < -0.39 is 0 Å². The minimum absolute atomic E-state index is 0.165. The van der Waals surface area contributed by atoms with Crippen LogP contribution in [-0.2, 0) is 0 Å². The average molecular weight is 383 g/mol. The third-order valence-electron chi connectivity index (χ3n) is 4.98. The van der Waals surface area contributed by atoms with Gasteiger partial charge in [-0.1, -0.05) is 19.4 Å². The summed E-state index contributed by atoms with van der Waals surface area (Å²) in [6, 6.07) is 13.0. The van der Waals surface area contributed by atoms with Crippen molar-refractivity contribution in [3.05, 3.63) is 48.0 Å². The Morgan fingerprint density at radius 3 is 2.68 bits per heavy atom. The Hall–Kier alpha value is -2.73. The molecule has 3 rings (SSSR count). The quantitative estimate of drug-likeness (QED) is 0.567. The van der Waals surface area contributed by atoms with Crippen LogP contribution in [0.2, 0.25) is 0 Å². The fourth-order valence-corrected chi connectivity index (χ4v) is 3.23. The molecule has 0 aliphatic carbocycles. The normalized spacial score (nSPS) is 14.7. The smallest absolute Gasteiger partial charge is 0.255 e. The fourth-order valence-electron chi connectivity index (χ4n) is 3.23. The Balaban J connectivity index is 1.75. The summed E-state index contributed by atoms with van der Waals surface area (Å²) >= 11 is 0. The summed E-state index contributed by atoms with van der Waals surface area (Å²) in [7, 11) is 2.12. The van der Waals surface area contributed by atoms with Gasteiger partial charge in [-0.15, -0.1) is 0 Å². The van der Waals surface area contributed by atoms with Gasteiger partial charge in [0.1, 0.15) is 5.75 Å². The largest absolute Gasteiger partial charge is 0.494 e.